The largest absolute Gasteiger partial charge is 0.493 e. The summed E-state index contributed by atoms with van der Waals surface area (Å²) in [5.41, 5.74) is 1.04. The second-order valence-electron chi connectivity index (χ2n) is 15.6. The molecule has 3 fully saturated rings. The summed E-state index contributed by atoms with van der Waals surface area (Å²) in [6.07, 6.45) is 2.74. The van der Waals surface area contributed by atoms with E-state index in [1.54, 1.807) is 13.3 Å². The molecule has 1 aromatic heterocycles. The minimum absolute atomic E-state index is 0.0583. The van der Waals surface area contributed by atoms with E-state index >= 15 is 4.79 Å². The molecule has 7 rings (SSSR count). The Balaban J connectivity index is 1.32. The lowest BCUT2D eigenvalue weighted by molar-refractivity contribution is -0.132. The summed E-state index contributed by atoms with van der Waals surface area (Å²) >= 11 is 12.8. The van der Waals surface area contributed by atoms with Gasteiger partial charge < -0.3 is 19.3 Å². The minimum Gasteiger partial charge on any atom is -0.493 e. The van der Waals surface area contributed by atoms with Crippen LogP contribution in [0.1, 0.15) is 70.3 Å². The van der Waals surface area contributed by atoms with Gasteiger partial charge in [0, 0.05) is 72.6 Å². The monoisotopic (exact) mass is 731 g/mol. The highest BCUT2D eigenvalue weighted by atomic mass is 35.5. The number of hydrogen-bond acceptors (Lipinski definition) is 6. The molecule has 2 aromatic carbocycles. The molecule has 4 aliphatic rings. The highest BCUT2D eigenvalue weighted by molar-refractivity contribution is 6.30. The van der Waals surface area contributed by atoms with Crippen LogP contribution in [0.25, 0.3) is 0 Å². The Kier molecular flexibility index (Phi) is 9.16. The van der Waals surface area contributed by atoms with Gasteiger partial charge in [0.15, 0.2) is 0 Å². The van der Waals surface area contributed by atoms with Crippen LogP contribution >= 0.6 is 23.2 Å². The quantitative estimate of drug-likeness (QED) is 0.251. The van der Waals surface area contributed by atoms with E-state index in [1.807, 2.05) is 76.2 Å². The molecule has 3 amide bonds. The molecule has 2 saturated heterocycles. The molecular formula is C40H47Cl2N5O4. The van der Waals surface area contributed by atoms with E-state index in [2.05, 4.69) is 34.6 Å². The van der Waals surface area contributed by atoms with Gasteiger partial charge in [-0.05, 0) is 74.4 Å². The van der Waals surface area contributed by atoms with E-state index < -0.39 is 11.1 Å². The Morgan fingerprint density at radius 2 is 1.53 bits per heavy atom. The molecule has 0 spiro atoms. The van der Waals surface area contributed by atoms with Crippen molar-refractivity contribution in [1.82, 2.24) is 19.7 Å². The van der Waals surface area contributed by atoms with E-state index in [1.165, 1.54) is 0 Å². The Morgan fingerprint density at radius 1 is 0.922 bits per heavy atom. The van der Waals surface area contributed by atoms with E-state index in [4.69, 9.17) is 42.7 Å². The number of likely N-dealkylation sites (tertiary alicyclic amines) is 2. The van der Waals surface area contributed by atoms with Crippen molar-refractivity contribution in [3.63, 3.8) is 0 Å². The van der Waals surface area contributed by atoms with Crippen LogP contribution in [-0.4, -0.2) is 83.5 Å². The summed E-state index contributed by atoms with van der Waals surface area (Å²) in [5.74, 6) is 1.47. The number of amides is 3. The molecule has 0 bridgehead atoms. The van der Waals surface area contributed by atoms with Gasteiger partial charge in [0.2, 0.25) is 5.91 Å². The standard InChI is InChI=1S/C40H47Cl2N5O4/c1-8-51-32-19-33(38(2,3)4)43-20-29(32)35-44-39(5,24-9-13-26(41)14-10-24)40(6,25-11-15-27(42)16-12-25)47(35)37(49)46-22-30-31(23-46)34(30)36(48)45-18-17-28(21-45)50-7/h9-16,19-20,28,30-31,34H,8,17-18,21-23H2,1-7H3/t28-,30-,31+,34?,39-,40+/m0/s1. The van der Waals surface area contributed by atoms with Gasteiger partial charge in [0.25, 0.3) is 0 Å². The summed E-state index contributed by atoms with van der Waals surface area (Å²) < 4.78 is 11.8. The average Bonchev–Trinajstić information content (AvgIpc) is 3.43. The van der Waals surface area contributed by atoms with E-state index in [9.17, 15) is 4.79 Å². The fourth-order valence-corrected chi connectivity index (χ4v) is 8.63. The number of pyridine rings is 1. The fraction of sp³-hybridized carbons (Fsp3) is 0.500. The lowest BCUT2D eigenvalue weighted by Gasteiger charge is -2.46. The highest BCUT2D eigenvalue weighted by Gasteiger charge is 2.65. The van der Waals surface area contributed by atoms with Crippen molar-refractivity contribution in [3.05, 3.63) is 93.2 Å². The lowest BCUT2D eigenvalue weighted by Crippen LogP contribution is -2.58. The van der Waals surface area contributed by atoms with E-state index in [0.29, 0.717) is 53.4 Å². The molecule has 9 nitrogen and oxygen atoms in total. The van der Waals surface area contributed by atoms with Gasteiger partial charge in [-0.1, -0.05) is 68.2 Å². The molecule has 1 unspecified atom stereocenters. The molecule has 270 valence electrons. The molecule has 1 saturated carbocycles. The number of ether oxygens (including phenoxy) is 2. The number of amidine groups is 1. The number of carbonyl (C=O) groups excluding carboxylic acids is 2. The molecule has 1 aliphatic carbocycles. The summed E-state index contributed by atoms with van der Waals surface area (Å²) in [6, 6.07) is 17.1. The number of carbonyl (C=O) groups is 2. The Hall–Kier alpha value is -3.66. The summed E-state index contributed by atoms with van der Waals surface area (Å²) in [6.45, 7) is 15.2. The highest BCUT2D eigenvalue weighted by Crippen LogP contribution is 2.57. The second kappa shape index (κ2) is 13.1. The Morgan fingerprint density at radius 3 is 2.08 bits per heavy atom. The first-order valence-corrected chi connectivity index (χ1v) is 18.6. The van der Waals surface area contributed by atoms with E-state index in [-0.39, 0.29) is 41.2 Å². The van der Waals surface area contributed by atoms with Crippen molar-refractivity contribution >= 4 is 41.0 Å². The number of aliphatic imine (C=N–C) groups is 1. The fourth-order valence-electron chi connectivity index (χ4n) is 8.38. The van der Waals surface area contributed by atoms with Crippen molar-refractivity contribution in [3.8, 4) is 5.75 Å². The first-order chi connectivity index (χ1) is 24.2. The molecule has 4 heterocycles. The molecule has 0 radical (unpaired) electrons. The molecule has 3 aliphatic heterocycles. The number of fused-ring (bicyclic) bond motifs is 1. The van der Waals surface area contributed by atoms with Crippen LogP contribution in [0.5, 0.6) is 5.75 Å². The molecule has 6 atom stereocenters. The number of hydrogen-bond donors (Lipinski definition) is 0. The summed E-state index contributed by atoms with van der Waals surface area (Å²) in [7, 11) is 1.70. The molecule has 51 heavy (non-hydrogen) atoms. The van der Waals surface area contributed by atoms with Crippen molar-refractivity contribution in [2.75, 3.05) is 39.9 Å². The third kappa shape index (κ3) is 5.99. The van der Waals surface area contributed by atoms with Crippen LogP contribution in [0.2, 0.25) is 10.0 Å². The van der Waals surface area contributed by atoms with Crippen LogP contribution < -0.4 is 4.74 Å². The zero-order valence-electron chi connectivity index (χ0n) is 30.5. The van der Waals surface area contributed by atoms with Gasteiger partial charge in [0.05, 0.1) is 18.3 Å². The first-order valence-electron chi connectivity index (χ1n) is 17.9. The number of aromatic nitrogens is 1. The topological polar surface area (TPSA) is 87.6 Å². The number of nitrogens with zero attached hydrogens (tertiary/aromatic N) is 5. The van der Waals surface area contributed by atoms with Crippen LogP contribution in [0.15, 0.2) is 65.8 Å². The summed E-state index contributed by atoms with van der Waals surface area (Å²) in [5, 5.41) is 1.21. The maximum absolute atomic E-state index is 15.3. The molecule has 11 heteroatoms. The normalized spacial score (nSPS) is 28.6. The number of piperidine rings is 1. The predicted molar refractivity (Wildman–Crippen MR) is 200 cm³/mol. The zero-order valence-corrected chi connectivity index (χ0v) is 32.0. The maximum atomic E-state index is 15.3. The maximum Gasteiger partial charge on any atom is 0.326 e. The van der Waals surface area contributed by atoms with Crippen molar-refractivity contribution in [2.45, 2.75) is 70.6 Å². The number of methoxy groups -OCH3 is 1. The third-order valence-electron chi connectivity index (χ3n) is 11.7. The van der Waals surface area contributed by atoms with Gasteiger partial charge >= 0.3 is 6.03 Å². The average molecular weight is 733 g/mol. The van der Waals surface area contributed by atoms with Gasteiger partial charge in [-0.3, -0.25) is 19.7 Å². The van der Waals surface area contributed by atoms with Crippen LogP contribution in [0.4, 0.5) is 4.79 Å². The number of rotatable bonds is 7. The van der Waals surface area contributed by atoms with Crippen LogP contribution in [0.3, 0.4) is 0 Å². The number of urea groups is 1. The van der Waals surface area contributed by atoms with E-state index in [0.717, 1.165) is 29.8 Å². The third-order valence-corrected chi connectivity index (χ3v) is 12.2. The van der Waals surface area contributed by atoms with Crippen molar-refractivity contribution < 1.29 is 19.1 Å². The lowest BCUT2D eigenvalue weighted by atomic mass is 9.71. The zero-order chi connectivity index (χ0) is 36.5. The first kappa shape index (κ1) is 35.7. The van der Waals surface area contributed by atoms with Crippen LogP contribution in [0, 0.1) is 17.8 Å². The Labute approximate surface area is 310 Å². The minimum atomic E-state index is -1.03. The molecule has 0 N–H and O–H groups in total. The smallest absolute Gasteiger partial charge is 0.326 e. The predicted octanol–water partition coefficient (Wildman–Crippen LogP) is 7.52. The molecule has 3 aromatic rings. The van der Waals surface area contributed by atoms with Gasteiger partial charge in [-0.15, -0.1) is 0 Å². The van der Waals surface area contributed by atoms with Gasteiger partial charge in [-0.25, -0.2) is 4.79 Å². The van der Waals surface area contributed by atoms with Gasteiger partial charge in [0.1, 0.15) is 22.7 Å². The second-order valence-corrected chi connectivity index (χ2v) is 16.5. The van der Waals surface area contributed by atoms with Gasteiger partial charge in [-0.2, -0.15) is 0 Å². The Bertz CT molecular complexity index is 1850. The SMILES string of the molecule is CCOc1cc(C(C)(C)C)ncc1C1=N[C@@](C)(c2ccc(Cl)cc2)[C@@](C)(c2ccc(Cl)cc2)N1C(=O)N1C[C@@H]2C(C(=O)N3CC[C@H](OC)C3)[C@@H]2C1. The van der Waals surface area contributed by atoms with Crippen molar-refractivity contribution in [2.24, 2.45) is 22.7 Å². The molecular weight excluding hydrogens is 685 g/mol. The van der Waals surface area contributed by atoms with Crippen molar-refractivity contribution in [1.29, 1.82) is 0 Å². The number of halogens is 2. The van der Waals surface area contributed by atoms with Crippen LogP contribution in [-0.2, 0) is 26.0 Å². The number of benzene rings is 2. The summed E-state index contributed by atoms with van der Waals surface area (Å²) in [4.78, 5) is 44.9.